The summed E-state index contributed by atoms with van der Waals surface area (Å²) in [6, 6.07) is 0. The third-order valence-corrected chi connectivity index (χ3v) is 8.02. The first-order valence-corrected chi connectivity index (χ1v) is 15.2. The fourth-order valence-corrected chi connectivity index (χ4v) is 5.75. The van der Waals surface area contributed by atoms with Gasteiger partial charge in [0.05, 0.1) is 25.4 Å². The molecule has 38 heavy (non-hydrogen) atoms. The van der Waals surface area contributed by atoms with Gasteiger partial charge in [0, 0.05) is 32.0 Å². The zero-order valence-corrected chi connectivity index (χ0v) is 23.8. The number of hydrogen-bond donors (Lipinski definition) is 1. The number of aliphatic hydroxyl groups is 1. The molecule has 3 rings (SSSR count). The van der Waals surface area contributed by atoms with E-state index in [2.05, 4.69) is 31.2 Å². The van der Waals surface area contributed by atoms with Crippen LogP contribution < -0.4 is 0 Å². The number of carbonyl (C=O) groups is 1. The minimum Gasteiger partial charge on any atom is -0.469 e. The molecule has 7 atom stereocenters. The van der Waals surface area contributed by atoms with Crippen LogP contribution in [0.2, 0.25) is 0 Å². The minimum absolute atomic E-state index is 0.00323. The lowest BCUT2D eigenvalue weighted by molar-refractivity contribution is -0.193. The molecule has 3 fully saturated rings. The summed E-state index contributed by atoms with van der Waals surface area (Å²) in [7, 11) is 1.42. The Morgan fingerprint density at radius 1 is 1.03 bits per heavy atom. The van der Waals surface area contributed by atoms with E-state index in [9.17, 15) is 9.90 Å². The average molecular weight is 537 g/mol. The average Bonchev–Trinajstić information content (AvgIpc) is 3.23. The summed E-state index contributed by atoms with van der Waals surface area (Å²) in [6.45, 7) is 3.74. The first-order valence-electron chi connectivity index (χ1n) is 15.2. The maximum Gasteiger partial charge on any atom is 0.305 e. The maximum atomic E-state index is 11.3. The normalized spacial score (nSPS) is 31.2. The lowest BCUT2D eigenvalue weighted by atomic mass is 9.89. The number of hydrogen-bond acceptors (Lipinski definition) is 7. The molecule has 3 aliphatic rings. The molecule has 2 unspecified atom stereocenters. The molecule has 1 aliphatic carbocycles. The summed E-state index contributed by atoms with van der Waals surface area (Å²) >= 11 is 0. The molecule has 0 aromatic heterocycles. The fourth-order valence-electron chi connectivity index (χ4n) is 5.75. The molecule has 0 radical (unpaired) electrons. The molecule has 1 N–H and O–H groups in total. The SMILES string of the molecule is CCCCC[C@@H](/C=C/[C@@H]1[C@@H](C/C=C\CCCC(=O)OC)[C@@H](O)C[C@H]1OC1CCCCO1)OC1CCCCO1. The Kier molecular flexibility index (Phi) is 15.0. The highest BCUT2D eigenvalue weighted by atomic mass is 16.7. The quantitative estimate of drug-likeness (QED) is 0.142. The van der Waals surface area contributed by atoms with Crippen LogP contribution in [0.15, 0.2) is 24.3 Å². The van der Waals surface area contributed by atoms with Crippen molar-refractivity contribution in [1.29, 1.82) is 0 Å². The second kappa shape index (κ2) is 18.2. The Bertz CT molecular complexity index is 696. The van der Waals surface area contributed by atoms with E-state index in [4.69, 9.17) is 23.7 Å². The summed E-state index contributed by atoms with van der Waals surface area (Å²) in [4.78, 5) is 11.3. The summed E-state index contributed by atoms with van der Waals surface area (Å²) in [6.07, 6.45) is 22.1. The second-order valence-corrected chi connectivity index (χ2v) is 11.0. The highest BCUT2D eigenvalue weighted by Crippen LogP contribution is 2.39. The molecule has 0 amide bonds. The van der Waals surface area contributed by atoms with E-state index >= 15 is 0 Å². The molecule has 0 aromatic carbocycles. The van der Waals surface area contributed by atoms with Crippen molar-refractivity contribution in [2.75, 3.05) is 20.3 Å². The van der Waals surface area contributed by atoms with Crippen molar-refractivity contribution < 1.29 is 33.6 Å². The molecule has 0 aromatic rings. The molecular formula is C31H52O7. The van der Waals surface area contributed by atoms with Crippen LogP contribution in [0.1, 0.15) is 103 Å². The van der Waals surface area contributed by atoms with Crippen molar-refractivity contribution in [1.82, 2.24) is 0 Å². The van der Waals surface area contributed by atoms with E-state index < -0.39 is 6.10 Å². The van der Waals surface area contributed by atoms with Gasteiger partial charge in [-0.25, -0.2) is 0 Å². The van der Waals surface area contributed by atoms with E-state index in [1.54, 1.807) is 0 Å². The second-order valence-electron chi connectivity index (χ2n) is 11.0. The van der Waals surface area contributed by atoms with Crippen molar-refractivity contribution in [3.8, 4) is 0 Å². The van der Waals surface area contributed by atoms with Crippen molar-refractivity contribution in [2.24, 2.45) is 11.8 Å². The van der Waals surface area contributed by atoms with E-state index in [0.29, 0.717) is 12.8 Å². The van der Waals surface area contributed by atoms with Crippen LogP contribution in [-0.4, -0.2) is 62.3 Å². The molecule has 218 valence electrons. The molecule has 0 spiro atoms. The summed E-state index contributed by atoms with van der Waals surface area (Å²) in [5, 5.41) is 11.1. The highest BCUT2D eigenvalue weighted by Gasteiger charge is 2.42. The zero-order chi connectivity index (χ0) is 27.0. The lowest BCUT2D eigenvalue weighted by Gasteiger charge is -2.30. The van der Waals surface area contributed by atoms with E-state index in [-0.39, 0.29) is 42.6 Å². The molecular weight excluding hydrogens is 484 g/mol. The molecule has 7 nitrogen and oxygen atoms in total. The van der Waals surface area contributed by atoms with Gasteiger partial charge >= 0.3 is 5.97 Å². The molecule has 2 saturated heterocycles. The number of unbranched alkanes of at least 4 members (excludes halogenated alkanes) is 3. The van der Waals surface area contributed by atoms with Gasteiger partial charge in [0.15, 0.2) is 12.6 Å². The molecule has 2 aliphatic heterocycles. The standard InChI is InChI=1S/C31H52O7/c1-3-4-7-14-24(37-30-17-10-12-21-35-30)19-20-26-25(15-8-5-6-9-16-29(33)34-2)27(32)23-28(26)38-31-18-11-13-22-36-31/h5,8,19-20,24-28,30-32H,3-4,6-7,9-18,21-23H2,1-2H3/b8-5-,20-19+/t24-,25+,26+,27-,28+,30?,31?/m0/s1. The smallest absolute Gasteiger partial charge is 0.305 e. The predicted molar refractivity (Wildman–Crippen MR) is 147 cm³/mol. The lowest BCUT2D eigenvalue weighted by Crippen LogP contribution is -2.31. The number of carbonyl (C=O) groups excluding carboxylic acids is 1. The van der Waals surface area contributed by atoms with E-state index in [1.807, 2.05) is 0 Å². The van der Waals surface area contributed by atoms with Gasteiger partial charge in [0.25, 0.3) is 0 Å². The first kappa shape index (κ1) is 31.3. The van der Waals surface area contributed by atoms with Gasteiger partial charge < -0.3 is 28.8 Å². The summed E-state index contributed by atoms with van der Waals surface area (Å²) in [5.41, 5.74) is 0. The van der Waals surface area contributed by atoms with Gasteiger partial charge in [-0.2, -0.15) is 0 Å². The van der Waals surface area contributed by atoms with Crippen molar-refractivity contribution in [2.45, 2.75) is 134 Å². The van der Waals surface area contributed by atoms with Crippen LogP contribution in [0, 0.1) is 11.8 Å². The van der Waals surface area contributed by atoms with Crippen LogP contribution in [0.25, 0.3) is 0 Å². The van der Waals surface area contributed by atoms with E-state index in [0.717, 1.165) is 83.8 Å². The maximum absolute atomic E-state index is 11.3. The van der Waals surface area contributed by atoms with Crippen LogP contribution in [-0.2, 0) is 28.5 Å². The predicted octanol–water partition coefficient (Wildman–Crippen LogP) is 6.23. The number of methoxy groups -OCH3 is 1. The Morgan fingerprint density at radius 3 is 2.47 bits per heavy atom. The zero-order valence-electron chi connectivity index (χ0n) is 23.8. The monoisotopic (exact) mass is 536 g/mol. The van der Waals surface area contributed by atoms with Gasteiger partial charge in [0.2, 0.25) is 0 Å². The topological polar surface area (TPSA) is 83.5 Å². The molecule has 0 bridgehead atoms. The Hall–Kier alpha value is -1.25. The van der Waals surface area contributed by atoms with Crippen molar-refractivity contribution in [3.63, 3.8) is 0 Å². The van der Waals surface area contributed by atoms with Gasteiger partial charge in [-0.05, 0) is 70.1 Å². The van der Waals surface area contributed by atoms with Gasteiger partial charge in [-0.15, -0.1) is 0 Å². The van der Waals surface area contributed by atoms with Gasteiger partial charge in [0.1, 0.15) is 0 Å². The summed E-state index contributed by atoms with van der Waals surface area (Å²) in [5.74, 6) is -0.0206. The van der Waals surface area contributed by atoms with Crippen LogP contribution in [0.3, 0.4) is 0 Å². The third kappa shape index (κ3) is 11.1. The van der Waals surface area contributed by atoms with Gasteiger partial charge in [-0.1, -0.05) is 50.5 Å². The molecule has 1 saturated carbocycles. The van der Waals surface area contributed by atoms with Crippen molar-refractivity contribution >= 4 is 5.97 Å². The van der Waals surface area contributed by atoms with E-state index in [1.165, 1.54) is 20.0 Å². The minimum atomic E-state index is -0.431. The van der Waals surface area contributed by atoms with Crippen molar-refractivity contribution in [3.05, 3.63) is 24.3 Å². The number of ether oxygens (including phenoxy) is 5. The number of rotatable bonds is 16. The Morgan fingerprint density at radius 2 is 1.79 bits per heavy atom. The largest absolute Gasteiger partial charge is 0.469 e. The Labute approximate surface area is 230 Å². The summed E-state index contributed by atoms with van der Waals surface area (Å²) < 4.78 is 29.3. The molecule has 7 heteroatoms. The Balaban J connectivity index is 1.65. The fraction of sp³-hybridized carbons (Fsp3) is 0.839. The number of allylic oxidation sites excluding steroid dienone is 2. The van der Waals surface area contributed by atoms with Crippen LogP contribution in [0.5, 0.6) is 0 Å². The number of aliphatic hydroxyl groups excluding tert-OH is 1. The third-order valence-electron chi connectivity index (χ3n) is 8.02. The first-order chi connectivity index (χ1) is 18.6. The van der Waals surface area contributed by atoms with Crippen LogP contribution in [0.4, 0.5) is 0 Å². The van der Waals surface area contributed by atoms with Crippen LogP contribution >= 0.6 is 0 Å². The van der Waals surface area contributed by atoms with Gasteiger partial charge in [-0.3, -0.25) is 4.79 Å². The number of esters is 1. The molecule has 2 heterocycles. The highest BCUT2D eigenvalue weighted by molar-refractivity contribution is 5.69.